The number of piperidine rings is 1. The van der Waals surface area contributed by atoms with E-state index in [-0.39, 0.29) is 63.5 Å². The van der Waals surface area contributed by atoms with E-state index < -0.39 is 133 Å². The molecule has 0 aliphatic carbocycles. The van der Waals surface area contributed by atoms with Gasteiger partial charge in [0, 0.05) is 19.5 Å². The molecule has 0 spiro atoms. The predicted octanol–water partition coefficient (Wildman–Crippen LogP) is -4.16. The van der Waals surface area contributed by atoms with Crippen LogP contribution in [0.4, 0.5) is 0 Å². The third-order valence-electron chi connectivity index (χ3n) is 11.5. The van der Waals surface area contributed by atoms with Crippen LogP contribution in [0.25, 0.3) is 0 Å². The largest absolute Gasteiger partial charge is 0.480 e. The maximum Gasteiger partial charge on any atom is 0.326 e. The van der Waals surface area contributed by atoms with E-state index in [1.807, 2.05) is 0 Å². The quantitative estimate of drug-likeness (QED) is 0.0317. The minimum absolute atomic E-state index is 0.0831. The number of nitrogens with one attached hydrogen (secondary N) is 9. The van der Waals surface area contributed by atoms with E-state index in [0.29, 0.717) is 38.6 Å². The molecular weight excluding hydrogens is 905 g/mol. The molecule has 9 atom stereocenters. The Bertz CT molecular complexity index is 1820. The monoisotopic (exact) mass is 981 g/mol. The zero-order valence-corrected chi connectivity index (χ0v) is 40.7. The summed E-state index contributed by atoms with van der Waals surface area (Å²) in [7, 11) is 0. The number of nitrogens with zero attached hydrogens (tertiary/aromatic N) is 1. The van der Waals surface area contributed by atoms with Crippen molar-refractivity contribution in [1.29, 1.82) is 0 Å². The van der Waals surface area contributed by atoms with Crippen molar-refractivity contribution in [2.75, 3.05) is 32.7 Å². The molecule has 2 aliphatic rings. The highest BCUT2D eigenvalue weighted by Crippen LogP contribution is 2.18. The molecule has 0 saturated carbocycles. The molecule has 2 fully saturated rings. The normalized spacial score (nSPS) is 19.4. The third-order valence-corrected chi connectivity index (χ3v) is 11.5. The van der Waals surface area contributed by atoms with Crippen LogP contribution in [-0.2, 0) is 52.7 Å². The summed E-state index contributed by atoms with van der Waals surface area (Å²) in [5.74, 6) is -8.65. The van der Waals surface area contributed by atoms with E-state index in [1.165, 1.54) is 18.7 Å². The number of amides is 10. The predicted molar refractivity (Wildman–Crippen MR) is 249 cm³/mol. The van der Waals surface area contributed by atoms with Gasteiger partial charge in [0.15, 0.2) is 0 Å². The summed E-state index contributed by atoms with van der Waals surface area (Å²) in [6.07, 6.45) is 1.85. The van der Waals surface area contributed by atoms with E-state index in [9.17, 15) is 63.0 Å². The topological polar surface area (TPSA) is 392 Å². The average molecular weight is 981 g/mol. The highest BCUT2D eigenvalue weighted by molar-refractivity contribution is 5.97. The van der Waals surface area contributed by atoms with Crippen LogP contribution in [0.3, 0.4) is 0 Å². The number of nitrogens with two attached hydrogens (primary N) is 2. The molecule has 0 unspecified atom stereocenters. The number of β-amino-alcohol motifs (C(OH)–C–C–N with tert-alkyl or cyclic N) is 1. The summed E-state index contributed by atoms with van der Waals surface area (Å²) in [6.45, 7) is 9.63. The number of likely N-dealkylation sites (tertiary alicyclic amines) is 1. The van der Waals surface area contributed by atoms with Crippen LogP contribution in [-0.4, -0.2) is 167 Å². The van der Waals surface area contributed by atoms with Crippen molar-refractivity contribution in [3.8, 4) is 0 Å². The van der Waals surface area contributed by atoms with Gasteiger partial charge in [-0.25, -0.2) is 4.79 Å². The van der Waals surface area contributed by atoms with Crippen molar-refractivity contribution in [1.82, 2.24) is 52.8 Å². The van der Waals surface area contributed by atoms with Crippen LogP contribution in [0.2, 0.25) is 0 Å². The van der Waals surface area contributed by atoms with Crippen molar-refractivity contribution in [3.63, 3.8) is 0 Å². The fourth-order valence-corrected chi connectivity index (χ4v) is 7.68. The lowest BCUT2D eigenvalue weighted by atomic mass is 10.00. The average Bonchev–Trinajstić information content (AvgIpc) is 3.73. The first kappa shape index (κ1) is 59.2. The highest BCUT2D eigenvalue weighted by atomic mass is 16.4. The molecule has 15 N–H and O–H groups in total. The minimum atomic E-state index is -1.35. The molecule has 0 radical (unpaired) electrons. The van der Waals surface area contributed by atoms with Gasteiger partial charge < -0.3 is 74.4 Å². The zero-order chi connectivity index (χ0) is 52.0. The smallest absolute Gasteiger partial charge is 0.326 e. The van der Waals surface area contributed by atoms with E-state index in [4.69, 9.17) is 11.5 Å². The Hall–Kier alpha value is -5.95. The first-order valence-corrected chi connectivity index (χ1v) is 23.7. The highest BCUT2D eigenvalue weighted by Gasteiger charge is 2.36. The fraction of sp³-hybridized carbons (Fsp3) is 0.750. The lowest BCUT2D eigenvalue weighted by Gasteiger charge is -2.35. The van der Waals surface area contributed by atoms with Gasteiger partial charge >= 0.3 is 5.97 Å². The number of aliphatic carboxylic acids is 1. The number of carboxylic acids is 1. The molecule has 10 amide bonds. The maximum atomic E-state index is 13.6. The molecular formula is C44H76N12O13. The van der Waals surface area contributed by atoms with Crippen molar-refractivity contribution in [2.45, 2.75) is 167 Å². The lowest BCUT2D eigenvalue weighted by molar-refractivity contribution is -0.146. The number of hydrogen-bond acceptors (Lipinski definition) is 14. The fourth-order valence-electron chi connectivity index (χ4n) is 7.68. The Morgan fingerprint density at radius 2 is 1.23 bits per heavy atom. The number of unbranched alkanes of at least 4 members (excludes halogenated alkanes) is 1. The lowest BCUT2D eigenvalue weighted by Crippen LogP contribution is -2.59. The Kier molecular flexibility index (Phi) is 25.6. The molecule has 25 heteroatoms. The Labute approximate surface area is 402 Å². The van der Waals surface area contributed by atoms with Gasteiger partial charge in [0.25, 0.3) is 0 Å². The zero-order valence-electron chi connectivity index (χ0n) is 40.7. The van der Waals surface area contributed by atoms with Gasteiger partial charge in [0.05, 0.1) is 25.2 Å². The van der Waals surface area contributed by atoms with Crippen LogP contribution >= 0.6 is 0 Å². The molecule has 0 aromatic heterocycles. The van der Waals surface area contributed by atoms with Crippen molar-refractivity contribution >= 4 is 65.0 Å². The molecule has 2 heterocycles. The second-order valence-electron chi connectivity index (χ2n) is 18.5. The van der Waals surface area contributed by atoms with Gasteiger partial charge in [-0.1, -0.05) is 27.7 Å². The van der Waals surface area contributed by atoms with Crippen LogP contribution in [0.5, 0.6) is 0 Å². The molecule has 2 saturated heterocycles. The first-order valence-electron chi connectivity index (χ1n) is 23.7. The maximum absolute atomic E-state index is 13.6. The third kappa shape index (κ3) is 21.5. The first-order chi connectivity index (χ1) is 32.4. The number of primary amides is 1. The SMILES string of the molecule is CC(C)C[C@H](NC(=O)[C@H](C)NC(=O)[C@H](CC(C)C)NC(=O)[C@H](CCC(N)=O)NC(=O)CNC(=O)[C@@H]1C[C@@H](O)CN1)C(=O)N[C@@H](C)C(=O)NCC(=O)N1CCCC[C@H]1C(=O)N[C@@H](CCCCN)C(=O)O. The van der Waals surface area contributed by atoms with E-state index in [0.717, 1.165) is 0 Å². The van der Waals surface area contributed by atoms with Gasteiger partial charge in [-0.2, -0.15) is 0 Å². The van der Waals surface area contributed by atoms with Gasteiger partial charge in [-0.15, -0.1) is 0 Å². The minimum Gasteiger partial charge on any atom is -0.480 e. The van der Waals surface area contributed by atoms with Crippen LogP contribution in [0.1, 0.15) is 112 Å². The van der Waals surface area contributed by atoms with Crippen molar-refractivity contribution in [2.24, 2.45) is 23.3 Å². The number of carbonyl (C=O) groups excluding carboxylic acids is 10. The second kappa shape index (κ2) is 29.8. The van der Waals surface area contributed by atoms with E-state index in [1.54, 1.807) is 27.7 Å². The molecule has 0 aromatic rings. The molecule has 2 aliphatic heterocycles. The van der Waals surface area contributed by atoms with Gasteiger partial charge in [-0.3, -0.25) is 47.9 Å². The summed E-state index contributed by atoms with van der Waals surface area (Å²) in [5, 5.41) is 42.2. The second-order valence-corrected chi connectivity index (χ2v) is 18.5. The number of aliphatic hydroxyl groups excluding tert-OH is 1. The van der Waals surface area contributed by atoms with Crippen LogP contribution in [0.15, 0.2) is 0 Å². The molecule has 25 nitrogen and oxygen atoms in total. The standard InChI is InChI=1S/C44H76N12O13/c1-23(2)17-31(41(65)50-25(5)37(61)49-22-36(60)56-16-10-8-12-33(56)43(67)53-29(44(68)69)11-7-9-15-45)54-38(62)26(6)51-42(66)32(18-24(3)4)55-40(64)28(13-14-34(46)58)52-35(59)21-48-39(63)30-19-27(57)20-47-30/h23-33,47,57H,7-22,45H2,1-6H3,(H2,46,58)(H,48,63)(H,49,61)(H,50,65)(H,51,66)(H,52,59)(H,53,67)(H,54,62)(H,55,64)(H,68,69)/t25-,26-,27+,28-,29-,30-,31-,32-,33-/m0/s1. The molecule has 2 rings (SSSR count). The molecule has 0 bridgehead atoms. The number of carbonyl (C=O) groups is 11. The van der Waals surface area contributed by atoms with Crippen molar-refractivity contribution in [3.05, 3.63) is 0 Å². The summed E-state index contributed by atoms with van der Waals surface area (Å²) < 4.78 is 0. The molecule has 390 valence electrons. The summed E-state index contributed by atoms with van der Waals surface area (Å²) in [5.41, 5.74) is 10.8. The van der Waals surface area contributed by atoms with E-state index in [2.05, 4.69) is 47.9 Å². The molecule has 0 aromatic carbocycles. The Balaban J connectivity index is 2.04. The number of aliphatic hydroxyl groups is 1. The van der Waals surface area contributed by atoms with Gasteiger partial charge in [0.1, 0.15) is 42.3 Å². The molecule has 69 heavy (non-hydrogen) atoms. The van der Waals surface area contributed by atoms with Crippen molar-refractivity contribution < 1.29 is 63.0 Å². The summed E-state index contributed by atoms with van der Waals surface area (Å²) in [4.78, 5) is 144. The number of hydrogen-bond donors (Lipinski definition) is 13. The number of carboxylic acid groups (broad SMARTS) is 1. The van der Waals surface area contributed by atoms with E-state index >= 15 is 0 Å². The van der Waals surface area contributed by atoms with Crippen LogP contribution < -0.4 is 59.3 Å². The summed E-state index contributed by atoms with van der Waals surface area (Å²) >= 11 is 0. The Morgan fingerprint density at radius 3 is 1.77 bits per heavy atom. The van der Waals surface area contributed by atoms with Gasteiger partial charge in [0.2, 0.25) is 59.1 Å². The van der Waals surface area contributed by atoms with Crippen LogP contribution in [0, 0.1) is 11.8 Å². The van der Waals surface area contributed by atoms with Gasteiger partial charge in [-0.05, 0) is 96.4 Å². The summed E-state index contributed by atoms with van der Waals surface area (Å²) in [6, 6.07) is -9.03. The Morgan fingerprint density at radius 1 is 0.652 bits per heavy atom. The number of rotatable bonds is 29.